The van der Waals surface area contributed by atoms with Crippen molar-refractivity contribution >= 4 is 39.0 Å². The van der Waals surface area contributed by atoms with Crippen molar-refractivity contribution in [3.05, 3.63) is 33.5 Å². The Kier molecular flexibility index (Phi) is 4.14. The highest BCUT2D eigenvalue weighted by Crippen LogP contribution is 2.20. The van der Waals surface area contributed by atoms with Crippen LogP contribution in [0.15, 0.2) is 33.7 Å². The maximum Gasteiger partial charge on any atom is 0.209 e. The van der Waals surface area contributed by atoms with E-state index in [9.17, 15) is 0 Å². The normalized spacial score (nSPS) is 10.6. The van der Waals surface area contributed by atoms with Gasteiger partial charge in [0.2, 0.25) is 5.16 Å². The Morgan fingerprint density at radius 1 is 1.62 bits per heavy atom. The van der Waals surface area contributed by atoms with Crippen LogP contribution >= 0.6 is 39.0 Å². The van der Waals surface area contributed by atoms with E-state index in [2.05, 4.69) is 44.1 Å². The van der Waals surface area contributed by atoms with E-state index in [4.69, 9.17) is 0 Å². The van der Waals surface area contributed by atoms with Crippen molar-refractivity contribution in [1.82, 2.24) is 20.2 Å². The van der Waals surface area contributed by atoms with Crippen LogP contribution in [0.1, 0.15) is 4.88 Å². The van der Waals surface area contributed by atoms with Gasteiger partial charge < -0.3 is 0 Å². The first-order valence-corrected chi connectivity index (χ1v) is 7.16. The van der Waals surface area contributed by atoms with Gasteiger partial charge in [0.05, 0.1) is 6.54 Å². The summed E-state index contributed by atoms with van der Waals surface area (Å²) < 4.78 is 2.73. The van der Waals surface area contributed by atoms with Crippen molar-refractivity contribution in [2.45, 2.75) is 11.7 Å². The number of rotatable bonds is 5. The minimum absolute atomic E-state index is 0.724. The second-order valence-corrected chi connectivity index (χ2v) is 6.10. The lowest BCUT2D eigenvalue weighted by Crippen LogP contribution is -2.02. The molecule has 16 heavy (non-hydrogen) atoms. The smallest absolute Gasteiger partial charge is 0.209 e. The van der Waals surface area contributed by atoms with Gasteiger partial charge in [0.15, 0.2) is 0 Å². The van der Waals surface area contributed by atoms with Crippen LogP contribution in [0.25, 0.3) is 0 Å². The molecule has 0 bridgehead atoms. The molecule has 0 fully saturated rings. The summed E-state index contributed by atoms with van der Waals surface area (Å²) in [5.74, 6) is 0.769. The summed E-state index contributed by atoms with van der Waals surface area (Å²) in [6.07, 6.45) is 0. The third-order valence-corrected chi connectivity index (χ3v) is 4.30. The van der Waals surface area contributed by atoms with Gasteiger partial charge >= 0.3 is 0 Å². The first-order chi connectivity index (χ1) is 7.75. The summed E-state index contributed by atoms with van der Waals surface area (Å²) in [5, 5.41) is 14.5. The Labute approximate surface area is 110 Å². The monoisotopic (exact) mass is 316 g/mol. The van der Waals surface area contributed by atoms with E-state index in [0.717, 1.165) is 21.9 Å². The van der Waals surface area contributed by atoms with Crippen LogP contribution in [-0.4, -0.2) is 26.0 Å². The quantitative estimate of drug-likeness (QED) is 0.796. The van der Waals surface area contributed by atoms with Gasteiger partial charge in [0.1, 0.15) is 0 Å². The first-order valence-electron chi connectivity index (χ1n) is 4.50. The first kappa shape index (κ1) is 11.8. The SMILES string of the molecule is C=C(Br)CSc1nnnn1Cc1cccs1. The van der Waals surface area contributed by atoms with E-state index >= 15 is 0 Å². The molecule has 84 valence electrons. The molecular weight excluding hydrogens is 308 g/mol. The van der Waals surface area contributed by atoms with Gasteiger partial charge in [-0.2, -0.15) is 0 Å². The molecular formula is C9H9BrN4S2. The molecule has 0 aliphatic rings. The van der Waals surface area contributed by atoms with Crippen LogP contribution in [0, 0.1) is 0 Å². The molecule has 7 heteroatoms. The lowest BCUT2D eigenvalue weighted by Gasteiger charge is -2.01. The zero-order valence-corrected chi connectivity index (χ0v) is 11.6. The van der Waals surface area contributed by atoms with Crippen molar-refractivity contribution in [3.63, 3.8) is 0 Å². The number of tetrazole rings is 1. The number of thiophene rings is 1. The minimum atomic E-state index is 0.724. The number of aromatic nitrogens is 4. The van der Waals surface area contributed by atoms with Crippen molar-refractivity contribution in [2.24, 2.45) is 0 Å². The number of nitrogens with zero attached hydrogens (tertiary/aromatic N) is 4. The fourth-order valence-corrected chi connectivity index (χ4v) is 2.75. The highest BCUT2D eigenvalue weighted by atomic mass is 79.9. The molecule has 0 unspecified atom stereocenters. The van der Waals surface area contributed by atoms with Gasteiger partial charge in [-0.05, 0) is 26.4 Å². The van der Waals surface area contributed by atoms with E-state index in [0.29, 0.717) is 0 Å². The average molecular weight is 317 g/mol. The van der Waals surface area contributed by atoms with E-state index < -0.39 is 0 Å². The van der Waals surface area contributed by atoms with Gasteiger partial charge in [-0.25, -0.2) is 4.68 Å². The summed E-state index contributed by atoms with van der Waals surface area (Å²) in [4.78, 5) is 1.24. The highest BCUT2D eigenvalue weighted by molar-refractivity contribution is 9.11. The Morgan fingerprint density at radius 2 is 2.50 bits per heavy atom. The zero-order chi connectivity index (χ0) is 11.4. The van der Waals surface area contributed by atoms with Crippen molar-refractivity contribution in [2.75, 3.05) is 5.75 Å². The number of halogens is 1. The van der Waals surface area contributed by atoms with Crippen molar-refractivity contribution in [3.8, 4) is 0 Å². The van der Waals surface area contributed by atoms with Crippen LogP contribution in [0.3, 0.4) is 0 Å². The fourth-order valence-electron chi connectivity index (χ4n) is 1.09. The summed E-state index contributed by atoms with van der Waals surface area (Å²) in [6.45, 7) is 4.50. The molecule has 2 aromatic heterocycles. The second-order valence-electron chi connectivity index (χ2n) is 3.00. The summed E-state index contributed by atoms with van der Waals surface area (Å²) >= 11 is 6.58. The van der Waals surface area contributed by atoms with Gasteiger partial charge in [-0.3, -0.25) is 0 Å². The van der Waals surface area contributed by atoms with Crippen LogP contribution < -0.4 is 0 Å². The Balaban J connectivity index is 2.04. The molecule has 4 nitrogen and oxygen atoms in total. The maximum absolute atomic E-state index is 3.98. The molecule has 2 rings (SSSR count). The van der Waals surface area contributed by atoms with Crippen molar-refractivity contribution < 1.29 is 0 Å². The molecule has 0 amide bonds. The lowest BCUT2D eigenvalue weighted by molar-refractivity contribution is 0.608. The second kappa shape index (κ2) is 5.60. The molecule has 0 aliphatic heterocycles. The standard InChI is InChI=1S/C9H9BrN4S2/c1-7(10)6-16-9-11-12-13-14(9)5-8-3-2-4-15-8/h2-4H,1,5-6H2. The Bertz CT molecular complexity index is 466. The fraction of sp³-hybridized carbons (Fsp3) is 0.222. The maximum atomic E-state index is 3.98. The molecule has 0 atom stereocenters. The number of thioether (sulfide) groups is 1. The van der Waals surface area contributed by atoms with E-state index in [1.54, 1.807) is 27.8 Å². The van der Waals surface area contributed by atoms with Gasteiger partial charge in [0.25, 0.3) is 0 Å². The molecule has 0 radical (unpaired) electrons. The molecule has 0 aromatic carbocycles. The topological polar surface area (TPSA) is 43.6 Å². The third kappa shape index (κ3) is 3.16. The number of hydrogen-bond donors (Lipinski definition) is 0. The predicted molar refractivity (Wildman–Crippen MR) is 70.0 cm³/mol. The van der Waals surface area contributed by atoms with Gasteiger partial charge in [-0.1, -0.05) is 40.3 Å². The minimum Gasteiger partial charge on any atom is -0.215 e. The molecule has 2 aromatic rings. The van der Waals surface area contributed by atoms with Gasteiger partial charge in [-0.15, -0.1) is 16.4 Å². The molecule has 0 N–H and O–H groups in total. The molecule has 0 saturated heterocycles. The van der Waals surface area contributed by atoms with Crippen LogP contribution in [-0.2, 0) is 6.54 Å². The zero-order valence-electron chi connectivity index (χ0n) is 8.34. The van der Waals surface area contributed by atoms with Gasteiger partial charge in [0, 0.05) is 10.6 Å². The predicted octanol–water partition coefficient (Wildman–Crippen LogP) is 2.78. The lowest BCUT2D eigenvalue weighted by atomic mass is 10.5. The molecule has 2 heterocycles. The summed E-state index contributed by atoms with van der Waals surface area (Å²) in [6, 6.07) is 4.10. The molecule has 0 aliphatic carbocycles. The average Bonchev–Trinajstić information content (AvgIpc) is 2.87. The van der Waals surface area contributed by atoms with E-state index in [-0.39, 0.29) is 0 Å². The van der Waals surface area contributed by atoms with Crippen LogP contribution in [0.5, 0.6) is 0 Å². The largest absolute Gasteiger partial charge is 0.215 e. The van der Waals surface area contributed by atoms with Crippen LogP contribution in [0.4, 0.5) is 0 Å². The van der Waals surface area contributed by atoms with Crippen molar-refractivity contribution in [1.29, 1.82) is 0 Å². The number of hydrogen-bond acceptors (Lipinski definition) is 5. The highest BCUT2D eigenvalue weighted by Gasteiger charge is 2.07. The van der Waals surface area contributed by atoms with E-state index in [1.165, 1.54) is 4.88 Å². The Morgan fingerprint density at radius 3 is 3.19 bits per heavy atom. The summed E-state index contributed by atoms with van der Waals surface area (Å²) in [5.41, 5.74) is 0. The molecule has 0 saturated carbocycles. The van der Waals surface area contributed by atoms with Crippen LogP contribution in [0.2, 0.25) is 0 Å². The Hall–Kier alpha value is -0.660. The molecule has 0 spiro atoms. The third-order valence-electron chi connectivity index (χ3n) is 1.74. The summed E-state index contributed by atoms with van der Waals surface area (Å²) in [7, 11) is 0. The van der Waals surface area contributed by atoms with E-state index in [1.807, 2.05) is 11.4 Å².